The predicted octanol–water partition coefficient (Wildman–Crippen LogP) is 4.42. The fraction of sp³-hybridized carbons (Fsp3) is 0.846. The summed E-state index contributed by atoms with van der Waals surface area (Å²) in [7, 11) is 0. The lowest BCUT2D eigenvalue weighted by molar-refractivity contribution is 0.278. The van der Waals surface area contributed by atoms with Gasteiger partial charge >= 0.3 is 0 Å². The summed E-state index contributed by atoms with van der Waals surface area (Å²) < 4.78 is 0. The van der Waals surface area contributed by atoms with Crippen LogP contribution in [0, 0.1) is 17.8 Å². The summed E-state index contributed by atoms with van der Waals surface area (Å²) in [6.45, 7) is 11.7. The SMILES string of the molecule is CCC(C)C1CC(C)=C(C)C(C)C1. The van der Waals surface area contributed by atoms with Crippen molar-refractivity contribution >= 4 is 0 Å². The highest BCUT2D eigenvalue weighted by Gasteiger charge is 2.25. The van der Waals surface area contributed by atoms with Gasteiger partial charge in [-0.25, -0.2) is 0 Å². The first-order valence-electron chi connectivity index (χ1n) is 5.72. The molecule has 0 aromatic heterocycles. The van der Waals surface area contributed by atoms with Gasteiger partial charge in [0.05, 0.1) is 0 Å². The molecule has 0 amide bonds. The summed E-state index contributed by atoms with van der Waals surface area (Å²) in [4.78, 5) is 0. The highest BCUT2D eigenvalue weighted by molar-refractivity contribution is 5.16. The Kier molecular flexibility index (Phi) is 3.58. The Morgan fingerprint density at radius 1 is 1.38 bits per heavy atom. The number of allylic oxidation sites excluding steroid dienone is 2. The molecule has 0 saturated carbocycles. The molecule has 0 nitrogen and oxygen atoms in total. The van der Waals surface area contributed by atoms with Crippen LogP contribution < -0.4 is 0 Å². The zero-order chi connectivity index (χ0) is 10.0. The highest BCUT2D eigenvalue weighted by atomic mass is 14.3. The zero-order valence-corrected chi connectivity index (χ0v) is 9.85. The van der Waals surface area contributed by atoms with Gasteiger partial charge in [0.2, 0.25) is 0 Å². The van der Waals surface area contributed by atoms with Gasteiger partial charge in [0.25, 0.3) is 0 Å². The Bertz CT molecular complexity index is 200. The lowest BCUT2D eigenvalue weighted by Crippen LogP contribution is -2.20. The smallest absolute Gasteiger partial charge is 0.0229 e. The van der Waals surface area contributed by atoms with Crippen LogP contribution in [0.15, 0.2) is 11.1 Å². The van der Waals surface area contributed by atoms with E-state index in [4.69, 9.17) is 0 Å². The topological polar surface area (TPSA) is 0 Å². The van der Waals surface area contributed by atoms with E-state index >= 15 is 0 Å². The molecule has 3 unspecified atom stereocenters. The van der Waals surface area contributed by atoms with Crippen molar-refractivity contribution in [2.24, 2.45) is 17.8 Å². The quantitative estimate of drug-likeness (QED) is 0.552. The number of hydrogen-bond acceptors (Lipinski definition) is 0. The molecule has 0 radical (unpaired) electrons. The summed E-state index contributed by atoms with van der Waals surface area (Å²) >= 11 is 0. The zero-order valence-electron chi connectivity index (χ0n) is 9.85. The van der Waals surface area contributed by atoms with Crippen LogP contribution in [-0.4, -0.2) is 0 Å². The largest absolute Gasteiger partial charge is 0.0738 e. The van der Waals surface area contributed by atoms with Gasteiger partial charge < -0.3 is 0 Å². The van der Waals surface area contributed by atoms with E-state index < -0.39 is 0 Å². The maximum absolute atomic E-state index is 2.41. The van der Waals surface area contributed by atoms with E-state index in [9.17, 15) is 0 Å². The Labute approximate surface area is 83.4 Å². The van der Waals surface area contributed by atoms with Crippen LogP contribution in [-0.2, 0) is 0 Å². The van der Waals surface area contributed by atoms with Crippen LogP contribution in [0.3, 0.4) is 0 Å². The normalized spacial score (nSPS) is 32.1. The molecule has 0 aromatic rings. The first kappa shape index (κ1) is 10.8. The van der Waals surface area contributed by atoms with Crippen LogP contribution in [0.5, 0.6) is 0 Å². The molecule has 1 aliphatic rings. The van der Waals surface area contributed by atoms with Crippen LogP contribution >= 0.6 is 0 Å². The Hall–Kier alpha value is -0.260. The summed E-state index contributed by atoms with van der Waals surface area (Å²) in [6.07, 6.45) is 4.10. The van der Waals surface area contributed by atoms with E-state index in [1.807, 2.05) is 0 Å². The molecule has 0 spiro atoms. The fourth-order valence-electron chi connectivity index (χ4n) is 2.46. The monoisotopic (exact) mass is 180 g/mol. The molecule has 0 heterocycles. The third-order valence-electron chi connectivity index (χ3n) is 4.09. The van der Waals surface area contributed by atoms with Gasteiger partial charge in [0, 0.05) is 0 Å². The van der Waals surface area contributed by atoms with Crippen molar-refractivity contribution in [3.05, 3.63) is 11.1 Å². The third-order valence-corrected chi connectivity index (χ3v) is 4.09. The van der Waals surface area contributed by atoms with Crippen molar-refractivity contribution < 1.29 is 0 Å². The fourth-order valence-corrected chi connectivity index (χ4v) is 2.46. The minimum atomic E-state index is 0.827. The molecule has 1 rings (SSSR count). The Morgan fingerprint density at radius 3 is 2.46 bits per heavy atom. The van der Waals surface area contributed by atoms with Crippen LogP contribution in [0.4, 0.5) is 0 Å². The third kappa shape index (κ3) is 2.36. The number of rotatable bonds is 2. The molecular formula is C13H24. The van der Waals surface area contributed by atoms with E-state index in [0.29, 0.717) is 0 Å². The first-order valence-corrected chi connectivity index (χ1v) is 5.72. The molecule has 3 atom stereocenters. The minimum absolute atomic E-state index is 0.827. The molecule has 13 heavy (non-hydrogen) atoms. The van der Waals surface area contributed by atoms with Gasteiger partial charge in [0.1, 0.15) is 0 Å². The van der Waals surface area contributed by atoms with E-state index in [2.05, 4.69) is 34.6 Å². The Balaban J connectivity index is 2.68. The lowest BCUT2D eigenvalue weighted by Gasteiger charge is -2.32. The van der Waals surface area contributed by atoms with Gasteiger partial charge in [-0.2, -0.15) is 0 Å². The average molecular weight is 180 g/mol. The second-order valence-corrected chi connectivity index (χ2v) is 4.95. The molecule has 76 valence electrons. The molecule has 0 bridgehead atoms. The highest BCUT2D eigenvalue weighted by Crippen LogP contribution is 2.37. The standard InChI is InChI=1S/C13H24/c1-6-9(2)13-7-10(3)12(5)11(4)8-13/h9-10,13H,6-8H2,1-5H3. The van der Waals surface area contributed by atoms with Gasteiger partial charge in [-0.05, 0) is 44.4 Å². The van der Waals surface area contributed by atoms with Crippen molar-refractivity contribution in [1.82, 2.24) is 0 Å². The van der Waals surface area contributed by atoms with Gasteiger partial charge in [-0.3, -0.25) is 0 Å². The Morgan fingerprint density at radius 2 is 2.00 bits per heavy atom. The minimum Gasteiger partial charge on any atom is -0.0738 e. The summed E-state index contributed by atoms with van der Waals surface area (Å²) in [6, 6.07) is 0. The van der Waals surface area contributed by atoms with Crippen LogP contribution in [0.2, 0.25) is 0 Å². The average Bonchev–Trinajstić information content (AvgIpc) is 2.12. The van der Waals surface area contributed by atoms with E-state index in [0.717, 1.165) is 17.8 Å². The van der Waals surface area contributed by atoms with Gasteiger partial charge in [-0.1, -0.05) is 38.3 Å². The lowest BCUT2D eigenvalue weighted by atomic mass is 9.73. The molecule has 1 aliphatic carbocycles. The van der Waals surface area contributed by atoms with Crippen molar-refractivity contribution in [3.8, 4) is 0 Å². The summed E-state index contributed by atoms with van der Waals surface area (Å²) in [5, 5.41) is 0. The molecular weight excluding hydrogens is 156 g/mol. The maximum atomic E-state index is 2.41. The van der Waals surface area contributed by atoms with E-state index in [1.54, 1.807) is 11.1 Å². The van der Waals surface area contributed by atoms with Crippen LogP contribution in [0.1, 0.15) is 53.9 Å². The van der Waals surface area contributed by atoms with E-state index in [1.165, 1.54) is 19.3 Å². The van der Waals surface area contributed by atoms with E-state index in [-0.39, 0.29) is 0 Å². The summed E-state index contributed by atoms with van der Waals surface area (Å²) in [5.74, 6) is 2.68. The van der Waals surface area contributed by atoms with Gasteiger partial charge in [-0.15, -0.1) is 0 Å². The van der Waals surface area contributed by atoms with Crippen molar-refractivity contribution in [3.63, 3.8) is 0 Å². The molecule has 0 aliphatic heterocycles. The van der Waals surface area contributed by atoms with Crippen molar-refractivity contribution in [2.45, 2.75) is 53.9 Å². The molecule has 0 N–H and O–H groups in total. The summed E-state index contributed by atoms with van der Waals surface area (Å²) in [5.41, 5.74) is 3.31. The van der Waals surface area contributed by atoms with Crippen LogP contribution in [0.25, 0.3) is 0 Å². The predicted molar refractivity (Wildman–Crippen MR) is 59.7 cm³/mol. The maximum Gasteiger partial charge on any atom is -0.0229 e. The van der Waals surface area contributed by atoms with Crippen molar-refractivity contribution in [1.29, 1.82) is 0 Å². The molecule has 0 saturated heterocycles. The molecule has 0 heteroatoms. The molecule has 0 aromatic carbocycles. The number of hydrogen-bond donors (Lipinski definition) is 0. The van der Waals surface area contributed by atoms with Gasteiger partial charge in [0.15, 0.2) is 0 Å². The van der Waals surface area contributed by atoms with Crippen molar-refractivity contribution in [2.75, 3.05) is 0 Å². The second-order valence-electron chi connectivity index (χ2n) is 4.95. The second kappa shape index (κ2) is 4.30. The molecule has 0 fully saturated rings. The first-order chi connectivity index (χ1) is 6.06.